The molecule has 1 aliphatic rings. The predicted octanol–water partition coefficient (Wildman–Crippen LogP) is 1.98. The molecule has 2 aromatic rings. The van der Waals surface area contributed by atoms with Crippen LogP contribution in [0.1, 0.15) is 35.3 Å². The summed E-state index contributed by atoms with van der Waals surface area (Å²) in [7, 11) is 1.42. The molecule has 0 fully saturated rings. The van der Waals surface area contributed by atoms with Crippen LogP contribution in [0.4, 0.5) is 0 Å². The van der Waals surface area contributed by atoms with E-state index in [1.807, 2.05) is 16.1 Å². The molecule has 100 valence electrons. The first-order valence-corrected chi connectivity index (χ1v) is 7.19. The van der Waals surface area contributed by atoms with Gasteiger partial charge in [0.2, 0.25) is 0 Å². The van der Waals surface area contributed by atoms with Crippen LogP contribution in [0.3, 0.4) is 0 Å². The lowest BCUT2D eigenvalue weighted by molar-refractivity contribution is -0.143. The van der Waals surface area contributed by atoms with Crippen molar-refractivity contribution in [2.75, 3.05) is 7.11 Å². The molecule has 6 heteroatoms. The standard InChI is InChI=1S/C13H15N3O2S/c1-18-13(17)10-5-2-6-16-12(10)14-11(15-16)8-9-4-3-7-19-9/h3-4,7,10H,2,5-6,8H2,1H3. The largest absolute Gasteiger partial charge is 0.468 e. The molecule has 19 heavy (non-hydrogen) atoms. The number of methoxy groups -OCH3 is 1. The third-order valence-electron chi connectivity index (χ3n) is 3.32. The molecule has 0 aromatic carbocycles. The number of aryl methyl sites for hydroxylation is 1. The first-order valence-electron chi connectivity index (χ1n) is 6.32. The molecule has 2 aromatic heterocycles. The van der Waals surface area contributed by atoms with Crippen LogP contribution in [0, 0.1) is 0 Å². The summed E-state index contributed by atoms with van der Waals surface area (Å²) in [6.45, 7) is 0.834. The summed E-state index contributed by atoms with van der Waals surface area (Å²) < 4.78 is 6.70. The van der Waals surface area contributed by atoms with Crippen molar-refractivity contribution >= 4 is 17.3 Å². The van der Waals surface area contributed by atoms with Crippen molar-refractivity contribution in [1.29, 1.82) is 0 Å². The van der Waals surface area contributed by atoms with Crippen molar-refractivity contribution < 1.29 is 9.53 Å². The quantitative estimate of drug-likeness (QED) is 0.805. The number of carbonyl (C=O) groups excluding carboxylic acids is 1. The van der Waals surface area contributed by atoms with Gasteiger partial charge in [0.05, 0.1) is 7.11 Å². The van der Waals surface area contributed by atoms with Crippen molar-refractivity contribution in [3.8, 4) is 0 Å². The average molecular weight is 277 g/mol. The molecule has 0 N–H and O–H groups in total. The molecule has 3 heterocycles. The van der Waals surface area contributed by atoms with E-state index in [9.17, 15) is 4.79 Å². The van der Waals surface area contributed by atoms with Crippen LogP contribution in [0.15, 0.2) is 17.5 Å². The predicted molar refractivity (Wildman–Crippen MR) is 71.1 cm³/mol. The number of carbonyl (C=O) groups is 1. The van der Waals surface area contributed by atoms with E-state index in [1.54, 1.807) is 11.3 Å². The van der Waals surface area contributed by atoms with Gasteiger partial charge in [0, 0.05) is 17.8 Å². The van der Waals surface area contributed by atoms with Gasteiger partial charge in [-0.25, -0.2) is 9.67 Å². The number of esters is 1. The average Bonchev–Trinajstić information content (AvgIpc) is 3.06. The number of hydrogen-bond donors (Lipinski definition) is 0. The van der Waals surface area contributed by atoms with Crippen LogP contribution in [-0.4, -0.2) is 27.8 Å². The van der Waals surface area contributed by atoms with Gasteiger partial charge in [-0.3, -0.25) is 4.79 Å². The Labute approximate surface area is 115 Å². The number of thiophene rings is 1. The van der Waals surface area contributed by atoms with Crippen LogP contribution in [-0.2, 0) is 22.5 Å². The summed E-state index contributed by atoms with van der Waals surface area (Å²) in [6, 6.07) is 4.09. The summed E-state index contributed by atoms with van der Waals surface area (Å²) in [4.78, 5) is 17.5. The minimum atomic E-state index is -0.261. The van der Waals surface area contributed by atoms with Crippen molar-refractivity contribution in [3.63, 3.8) is 0 Å². The minimum Gasteiger partial charge on any atom is -0.468 e. The second kappa shape index (κ2) is 5.13. The highest BCUT2D eigenvalue weighted by Crippen LogP contribution is 2.27. The maximum atomic E-state index is 11.8. The Morgan fingerprint density at radius 2 is 2.53 bits per heavy atom. The molecule has 1 unspecified atom stereocenters. The molecule has 0 aliphatic carbocycles. The number of fused-ring (bicyclic) bond motifs is 1. The van der Waals surface area contributed by atoms with Crippen LogP contribution in [0.25, 0.3) is 0 Å². The number of aromatic nitrogens is 3. The van der Waals surface area contributed by atoms with Gasteiger partial charge < -0.3 is 4.74 Å². The zero-order valence-corrected chi connectivity index (χ0v) is 11.5. The fourth-order valence-corrected chi connectivity index (χ4v) is 3.11. The van der Waals surface area contributed by atoms with Crippen LogP contribution in [0.5, 0.6) is 0 Å². The van der Waals surface area contributed by atoms with Gasteiger partial charge in [-0.15, -0.1) is 11.3 Å². The summed E-state index contributed by atoms with van der Waals surface area (Å²) in [5.41, 5.74) is 0. The Morgan fingerprint density at radius 3 is 3.26 bits per heavy atom. The number of ether oxygens (including phenoxy) is 1. The monoisotopic (exact) mass is 277 g/mol. The molecular weight excluding hydrogens is 262 g/mol. The van der Waals surface area contributed by atoms with E-state index in [0.29, 0.717) is 0 Å². The van der Waals surface area contributed by atoms with Gasteiger partial charge in [0.25, 0.3) is 0 Å². The fourth-order valence-electron chi connectivity index (χ4n) is 2.41. The van der Waals surface area contributed by atoms with E-state index in [-0.39, 0.29) is 11.9 Å². The van der Waals surface area contributed by atoms with Gasteiger partial charge in [-0.2, -0.15) is 5.10 Å². The second-order valence-corrected chi connectivity index (χ2v) is 5.62. The SMILES string of the molecule is COC(=O)C1CCCn2nc(Cc3cccs3)nc21. The Hall–Kier alpha value is -1.69. The van der Waals surface area contributed by atoms with Crippen molar-refractivity contribution in [3.05, 3.63) is 34.0 Å². The first kappa shape index (κ1) is 12.3. The molecule has 0 radical (unpaired) electrons. The highest BCUT2D eigenvalue weighted by Gasteiger charge is 2.30. The minimum absolute atomic E-state index is 0.212. The Balaban J connectivity index is 1.86. The molecule has 0 saturated heterocycles. The Morgan fingerprint density at radius 1 is 1.63 bits per heavy atom. The van der Waals surface area contributed by atoms with E-state index < -0.39 is 0 Å². The molecule has 0 bridgehead atoms. The maximum absolute atomic E-state index is 11.8. The number of hydrogen-bond acceptors (Lipinski definition) is 5. The fraction of sp³-hybridized carbons (Fsp3) is 0.462. The molecule has 0 saturated carbocycles. The van der Waals surface area contributed by atoms with Crippen molar-refractivity contribution in [2.24, 2.45) is 0 Å². The molecule has 1 atom stereocenters. The topological polar surface area (TPSA) is 57.0 Å². The molecule has 1 aliphatic heterocycles. The molecule has 0 spiro atoms. The van der Waals surface area contributed by atoms with Gasteiger partial charge >= 0.3 is 5.97 Å². The summed E-state index contributed by atoms with van der Waals surface area (Å²) in [6.07, 6.45) is 2.46. The Kier molecular flexibility index (Phi) is 3.33. The van der Waals surface area contributed by atoms with E-state index >= 15 is 0 Å². The first-order chi connectivity index (χ1) is 9.28. The zero-order chi connectivity index (χ0) is 13.2. The van der Waals surface area contributed by atoms with Gasteiger partial charge in [0.15, 0.2) is 5.82 Å². The van der Waals surface area contributed by atoms with Gasteiger partial charge in [0.1, 0.15) is 11.7 Å². The highest BCUT2D eigenvalue weighted by molar-refractivity contribution is 7.09. The van der Waals surface area contributed by atoms with Crippen LogP contribution >= 0.6 is 11.3 Å². The normalized spacial score (nSPS) is 18.1. The highest BCUT2D eigenvalue weighted by atomic mass is 32.1. The molecule has 5 nitrogen and oxygen atoms in total. The van der Waals surface area contributed by atoms with E-state index in [4.69, 9.17) is 4.74 Å². The third-order valence-corrected chi connectivity index (χ3v) is 4.19. The number of rotatable bonds is 3. The lowest BCUT2D eigenvalue weighted by Crippen LogP contribution is -2.24. The zero-order valence-electron chi connectivity index (χ0n) is 10.7. The summed E-state index contributed by atoms with van der Waals surface area (Å²) in [5, 5.41) is 6.54. The van der Waals surface area contributed by atoms with E-state index in [2.05, 4.69) is 16.1 Å². The summed E-state index contributed by atoms with van der Waals surface area (Å²) >= 11 is 1.69. The van der Waals surface area contributed by atoms with Gasteiger partial charge in [-0.1, -0.05) is 6.07 Å². The van der Waals surface area contributed by atoms with E-state index in [1.165, 1.54) is 12.0 Å². The number of nitrogens with zero attached hydrogens (tertiary/aromatic N) is 3. The maximum Gasteiger partial charge on any atom is 0.316 e. The summed E-state index contributed by atoms with van der Waals surface area (Å²) in [5.74, 6) is 1.07. The second-order valence-electron chi connectivity index (χ2n) is 4.58. The Bertz CT molecular complexity index is 577. The van der Waals surface area contributed by atoms with Crippen LogP contribution in [0.2, 0.25) is 0 Å². The lowest BCUT2D eigenvalue weighted by atomic mass is 9.99. The molecule has 3 rings (SSSR count). The van der Waals surface area contributed by atoms with Gasteiger partial charge in [-0.05, 0) is 24.3 Å². The van der Waals surface area contributed by atoms with Crippen molar-refractivity contribution in [2.45, 2.75) is 31.7 Å². The third kappa shape index (κ3) is 2.40. The van der Waals surface area contributed by atoms with Crippen LogP contribution < -0.4 is 0 Å². The smallest absolute Gasteiger partial charge is 0.316 e. The lowest BCUT2D eigenvalue weighted by Gasteiger charge is -2.19. The van der Waals surface area contributed by atoms with Crippen molar-refractivity contribution in [1.82, 2.24) is 14.8 Å². The molecule has 0 amide bonds. The molecular formula is C13H15N3O2S. The van der Waals surface area contributed by atoms with E-state index in [0.717, 1.165) is 37.5 Å².